The summed E-state index contributed by atoms with van der Waals surface area (Å²) in [5.74, 6) is 2.18. The van der Waals surface area contributed by atoms with E-state index in [0.717, 1.165) is 17.1 Å². The number of benzene rings is 2. The number of nitro groups is 1. The standard InChI is InChI=1S/C24H33NO2S2/c1-21-15-17-22(18-16-21)28-19-11-7-5-3-2-4-6-8-12-20-29-24-14-10-9-13-23(24)25(26)27/h9-10,13-18H,2-8,11-12,19-20H2,1H3. The SMILES string of the molecule is Cc1ccc(SCCCCCCCCCCCSc2ccccc2[N+](=O)[O-])cc1. The van der Waals surface area contributed by atoms with Crippen molar-refractivity contribution in [3.05, 3.63) is 64.2 Å². The van der Waals surface area contributed by atoms with Crippen molar-refractivity contribution in [2.24, 2.45) is 0 Å². The molecule has 5 heteroatoms. The highest BCUT2D eigenvalue weighted by Crippen LogP contribution is 2.29. The number of unbranched alkanes of at least 4 members (excludes halogenated alkanes) is 8. The maximum atomic E-state index is 11.0. The highest BCUT2D eigenvalue weighted by atomic mass is 32.2. The van der Waals surface area contributed by atoms with Crippen LogP contribution >= 0.6 is 23.5 Å². The van der Waals surface area contributed by atoms with Crippen LogP contribution < -0.4 is 0 Å². The molecular weight excluding hydrogens is 398 g/mol. The van der Waals surface area contributed by atoms with Crippen LogP contribution in [-0.2, 0) is 0 Å². The third kappa shape index (κ3) is 10.2. The zero-order valence-electron chi connectivity index (χ0n) is 17.5. The van der Waals surface area contributed by atoms with Crippen molar-refractivity contribution in [1.82, 2.24) is 0 Å². The molecule has 29 heavy (non-hydrogen) atoms. The fourth-order valence-electron chi connectivity index (χ4n) is 3.18. The van der Waals surface area contributed by atoms with Crippen LogP contribution in [0.25, 0.3) is 0 Å². The summed E-state index contributed by atoms with van der Waals surface area (Å²) < 4.78 is 0. The number of rotatable bonds is 15. The lowest BCUT2D eigenvalue weighted by Gasteiger charge is -2.04. The first-order chi connectivity index (χ1) is 14.2. The van der Waals surface area contributed by atoms with E-state index in [1.807, 2.05) is 23.9 Å². The van der Waals surface area contributed by atoms with Gasteiger partial charge in [0.25, 0.3) is 5.69 Å². The van der Waals surface area contributed by atoms with Crippen LogP contribution in [-0.4, -0.2) is 16.4 Å². The fraction of sp³-hybridized carbons (Fsp3) is 0.500. The third-order valence-corrected chi connectivity index (χ3v) is 7.15. The Kier molecular flexibility index (Phi) is 11.9. The summed E-state index contributed by atoms with van der Waals surface area (Å²) in [5.41, 5.74) is 1.56. The Balaban J connectivity index is 1.38. The minimum atomic E-state index is -0.288. The normalized spacial score (nSPS) is 10.9. The number of hydrogen-bond donors (Lipinski definition) is 0. The van der Waals surface area contributed by atoms with Gasteiger partial charge in [0.1, 0.15) is 0 Å². The lowest BCUT2D eigenvalue weighted by atomic mass is 10.1. The van der Waals surface area contributed by atoms with E-state index >= 15 is 0 Å². The quantitative estimate of drug-likeness (QED) is 0.123. The van der Waals surface area contributed by atoms with Gasteiger partial charge in [-0.25, -0.2) is 0 Å². The molecule has 0 atom stereocenters. The molecule has 0 heterocycles. The zero-order chi connectivity index (χ0) is 20.7. The van der Waals surface area contributed by atoms with E-state index in [4.69, 9.17) is 0 Å². The van der Waals surface area contributed by atoms with Crippen LogP contribution in [0.15, 0.2) is 58.3 Å². The van der Waals surface area contributed by atoms with Crippen molar-refractivity contribution in [2.45, 2.75) is 74.5 Å². The molecule has 0 bridgehead atoms. The number of hydrogen-bond acceptors (Lipinski definition) is 4. The molecule has 0 unspecified atom stereocenters. The van der Waals surface area contributed by atoms with Gasteiger partial charge in [-0.2, -0.15) is 0 Å². The predicted molar refractivity (Wildman–Crippen MR) is 127 cm³/mol. The molecule has 0 radical (unpaired) electrons. The minimum absolute atomic E-state index is 0.231. The second-order valence-corrected chi connectivity index (χ2v) is 9.72. The van der Waals surface area contributed by atoms with Gasteiger partial charge in [-0.3, -0.25) is 10.1 Å². The van der Waals surface area contributed by atoms with Gasteiger partial charge in [0.05, 0.1) is 9.82 Å². The van der Waals surface area contributed by atoms with Crippen molar-refractivity contribution >= 4 is 29.2 Å². The maximum absolute atomic E-state index is 11.0. The number of aryl methyl sites for hydroxylation is 1. The topological polar surface area (TPSA) is 43.1 Å². The van der Waals surface area contributed by atoms with Crippen LogP contribution in [0.5, 0.6) is 0 Å². The predicted octanol–water partition coefficient (Wildman–Crippen LogP) is 8.30. The number of nitrogens with zero attached hydrogens (tertiary/aromatic N) is 1. The molecule has 2 aromatic carbocycles. The van der Waals surface area contributed by atoms with Gasteiger partial charge < -0.3 is 0 Å². The largest absolute Gasteiger partial charge is 0.282 e. The lowest BCUT2D eigenvalue weighted by molar-refractivity contribution is -0.387. The molecule has 0 saturated carbocycles. The molecule has 2 rings (SSSR count). The summed E-state index contributed by atoms with van der Waals surface area (Å²) in [5, 5.41) is 11.0. The first-order valence-electron chi connectivity index (χ1n) is 10.7. The average Bonchev–Trinajstić information content (AvgIpc) is 2.73. The molecule has 0 aliphatic rings. The third-order valence-electron chi connectivity index (χ3n) is 4.90. The monoisotopic (exact) mass is 431 g/mol. The molecule has 0 fully saturated rings. The Morgan fingerprint density at radius 1 is 0.724 bits per heavy atom. The van der Waals surface area contributed by atoms with Gasteiger partial charge >= 0.3 is 0 Å². The van der Waals surface area contributed by atoms with Crippen LogP contribution in [0.4, 0.5) is 5.69 Å². The molecule has 0 aliphatic carbocycles. The second-order valence-electron chi connectivity index (χ2n) is 7.42. The van der Waals surface area contributed by atoms with E-state index in [-0.39, 0.29) is 10.6 Å². The molecule has 0 N–H and O–H groups in total. The van der Waals surface area contributed by atoms with Gasteiger partial charge in [0, 0.05) is 11.0 Å². The molecule has 0 aliphatic heterocycles. The summed E-state index contributed by atoms with van der Waals surface area (Å²) in [6, 6.07) is 15.9. The van der Waals surface area contributed by atoms with E-state index in [1.165, 1.54) is 67.6 Å². The Morgan fingerprint density at radius 2 is 1.24 bits per heavy atom. The summed E-state index contributed by atoms with van der Waals surface area (Å²) >= 11 is 3.58. The van der Waals surface area contributed by atoms with Crippen molar-refractivity contribution in [3.8, 4) is 0 Å². The van der Waals surface area contributed by atoms with Crippen molar-refractivity contribution < 1.29 is 4.92 Å². The van der Waals surface area contributed by atoms with Crippen molar-refractivity contribution in [3.63, 3.8) is 0 Å². The minimum Gasteiger partial charge on any atom is -0.258 e. The van der Waals surface area contributed by atoms with Crippen molar-refractivity contribution in [1.29, 1.82) is 0 Å². The van der Waals surface area contributed by atoms with Gasteiger partial charge in [-0.1, -0.05) is 74.8 Å². The molecule has 158 valence electrons. The summed E-state index contributed by atoms with van der Waals surface area (Å²) in [6.45, 7) is 2.13. The second kappa shape index (κ2) is 14.5. The van der Waals surface area contributed by atoms with Gasteiger partial charge in [0.2, 0.25) is 0 Å². The average molecular weight is 432 g/mol. The Hall–Kier alpha value is -1.46. The highest BCUT2D eigenvalue weighted by molar-refractivity contribution is 7.99. The van der Waals surface area contributed by atoms with Gasteiger partial charge in [-0.15, -0.1) is 23.5 Å². The van der Waals surface area contributed by atoms with Crippen LogP contribution in [0, 0.1) is 17.0 Å². The Morgan fingerprint density at radius 3 is 1.83 bits per heavy atom. The lowest BCUT2D eigenvalue weighted by Crippen LogP contribution is -1.91. The summed E-state index contributed by atoms with van der Waals surface area (Å²) in [6.07, 6.45) is 11.6. The Bertz CT molecular complexity index is 719. The first-order valence-corrected chi connectivity index (χ1v) is 12.7. The molecule has 3 nitrogen and oxygen atoms in total. The molecule has 0 spiro atoms. The maximum Gasteiger partial charge on any atom is 0.282 e. The molecule has 2 aromatic rings. The number of para-hydroxylation sites is 1. The summed E-state index contributed by atoms with van der Waals surface area (Å²) in [4.78, 5) is 12.9. The van der Waals surface area contributed by atoms with E-state index in [2.05, 4.69) is 31.2 Å². The summed E-state index contributed by atoms with van der Waals surface area (Å²) in [7, 11) is 0. The molecular formula is C24H33NO2S2. The van der Waals surface area contributed by atoms with E-state index in [9.17, 15) is 10.1 Å². The van der Waals surface area contributed by atoms with E-state index in [1.54, 1.807) is 23.9 Å². The molecule has 0 aromatic heterocycles. The van der Waals surface area contributed by atoms with Gasteiger partial charge in [-0.05, 0) is 49.5 Å². The smallest absolute Gasteiger partial charge is 0.258 e. The Labute approximate surface area is 184 Å². The first kappa shape index (κ1) is 23.8. The van der Waals surface area contributed by atoms with Crippen LogP contribution in [0.2, 0.25) is 0 Å². The fourth-order valence-corrected chi connectivity index (χ4v) is 5.12. The highest BCUT2D eigenvalue weighted by Gasteiger charge is 2.11. The van der Waals surface area contributed by atoms with Gasteiger partial charge in [0.15, 0.2) is 0 Å². The van der Waals surface area contributed by atoms with E-state index < -0.39 is 0 Å². The number of nitro benzene ring substituents is 1. The molecule has 0 amide bonds. The van der Waals surface area contributed by atoms with E-state index in [0.29, 0.717) is 0 Å². The van der Waals surface area contributed by atoms with Crippen LogP contribution in [0.3, 0.4) is 0 Å². The zero-order valence-corrected chi connectivity index (χ0v) is 19.1. The van der Waals surface area contributed by atoms with Crippen LogP contribution in [0.1, 0.15) is 63.4 Å². The van der Waals surface area contributed by atoms with Crippen molar-refractivity contribution in [2.75, 3.05) is 11.5 Å². The number of thioether (sulfide) groups is 2. The molecule has 0 saturated heterocycles.